The molecule has 1 N–H and O–H groups in total. The van der Waals surface area contributed by atoms with Gasteiger partial charge in [0.15, 0.2) is 0 Å². The van der Waals surface area contributed by atoms with Crippen LogP contribution in [0.5, 0.6) is 5.75 Å². The van der Waals surface area contributed by atoms with Gasteiger partial charge in [0, 0.05) is 11.9 Å². The highest BCUT2D eigenvalue weighted by Crippen LogP contribution is 2.24. The number of methoxy groups -OCH3 is 1. The summed E-state index contributed by atoms with van der Waals surface area (Å²) in [6, 6.07) is 4.02. The van der Waals surface area contributed by atoms with Crippen molar-refractivity contribution in [1.29, 1.82) is 0 Å². The molecule has 80 valence electrons. The third-order valence-corrected chi connectivity index (χ3v) is 2.57. The molecular weight excluding hydrogens is 188 g/mol. The number of unbranched alkanes of at least 4 members (excludes halogenated alkanes) is 1. The van der Waals surface area contributed by atoms with E-state index in [9.17, 15) is 0 Å². The fourth-order valence-electron chi connectivity index (χ4n) is 1.74. The minimum Gasteiger partial charge on any atom is -0.496 e. The van der Waals surface area contributed by atoms with E-state index in [1.54, 1.807) is 13.3 Å². The van der Waals surface area contributed by atoms with Gasteiger partial charge in [0.1, 0.15) is 11.4 Å². The van der Waals surface area contributed by atoms with Crippen LogP contribution >= 0.6 is 0 Å². The molecule has 2 aromatic rings. The van der Waals surface area contributed by atoms with Crippen LogP contribution in [0.3, 0.4) is 0 Å². The first-order valence-electron chi connectivity index (χ1n) is 5.35. The summed E-state index contributed by atoms with van der Waals surface area (Å²) in [5.41, 5.74) is 2.16. The van der Waals surface area contributed by atoms with Gasteiger partial charge in [-0.25, -0.2) is 4.98 Å². The van der Waals surface area contributed by atoms with Crippen LogP contribution in [0.15, 0.2) is 18.3 Å². The number of nitrogens with one attached hydrogen (secondary N) is 1. The predicted octanol–water partition coefficient (Wildman–Crippen LogP) is 2.91. The maximum Gasteiger partial charge on any atom is 0.141 e. The van der Waals surface area contributed by atoms with Crippen molar-refractivity contribution in [3.63, 3.8) is 0 Å². The first kappa shape index (κ1) is 10.0. The number of rotatable bonds is 4. The van der Waals surface area contributed by atoms with Crippen molar-refractivity contribution in [3.8, 4) is 5.75 Å². The van der Waals surface area contributed by atoms with Crippen LogP contribution in [0.2, 0.25) is 0 Å². The van der Waals surface area contributed by atoms with Gasteiger partial charge in [0.05, 0.1) is 12.5 Å². The van der Waals surface area contributed by atoms with Crippen molar-refractivity contribution < 1.29 is 4.74 Å². The molecule has 0 unspecified atom stereocenters. The molecule has 0 fully saturated rings. The SMILES string of the molecule is CCCCc1cc2c(OC)ccnc2[nH]1. The first-order valence-corrected chi connectivity index (χ1v) is 5.35. The molecule has 0 bridgehead atoms. The molecule has 0 aliphatic carbocycles. The van der Waals surface area contributed by atoms with Gasteiger partial charge in [0.25, 0.3) is 0 Å². The average molecular weight is 204 g/mol. The zero-order valence-electron chi connectivity index (χ0n) is 9.21. The lowest BCUT2D eigenvalue weighted by Crippen LogP contribution is -1.84. The molecule has 0 aliphatic heterocycles. The number of hydrogen-bond acceptors (Lipinski definition) is 2. The van der Waals surface area contributed by atoms with Crippen LogP contribution in [-0.4, -0.2) is 17.1 Å². The second-order valence-electron chi connectivity index (χ2n) is 3.67. The molecule has 0 radical (unpaired) electrons. The summed E-state index contributed by atoms with van der Waals surface area (Å²) in [6.07, 6.45) is 5.26. The van der Waals surface area contributed by atoms with Crippen LogP contribution in [0.1, 0.15) is 25.5 Å². The third-order valence-electron chi connectivity index (χ3n) is 2.57. The Bertz CT molecular complexity index is 448. The van der Waals surface area contributed by atoms with E-state index in [0.717, 1.165) is 23.2 Å². The molecule has 3 nitrogen and oxygen atoms in total. The highest BCUT2D eigenvalue weighted by molar-refractivity contribution is 5.83. The van der Waals surface area contributed by atoms with Gasteiger partial charge < -0.3 is 9.72 Å². The maximum absolute atomic E-state index is 5.29. The number of aryl methyl sites for hydroxylation is 1. The monoisotopic (exact) mass is 204 g/mol. The van der Waals surface area contributed by atoms with E-state index >= 15 is 0 Å². The normalized spacial score (nSPS) is 10.8. The summed E-state index contributed by atoms with van der Waals surface area (Å²) in [4.78, 5) is 7.60. The largest absolute Gasteiger partial charge is 0.496 e. The van der Waals surface area contributed by atoms with Crippen LogP contribution < -0.4 is 4.74 Å². The van der Waals surface area contributed by atoms with E-state index in [4.69, 9.17) is 4.74 Å². The van der Waals surface area contributed by atoms with E-state index < -0.39 is 0 Å². The van der Waals surface area contributed by atoms with E-state index in [-0.39, 0.29) is 0 Å². The first-order chi connectivity index (χ1) is 7.35. The maximum atomic E-state index is 5.29. The number of fused-ring (bicyclic) bond motifs is 1. The Morgan fingerprint density at radius 2 is 2.33 bits per heavy atom. The Morgan fingerprint density at radius 1 is 1.47 bits per heavy atom. The zero-order valence-corrected chi connectivity index (χ0v) is 9.21. The summed E-state index contributed by atoms with van der Waals surface area (Å²) >= 11 is 0. The molecule has 0 amide bonds. The van der Waals surface area contributed by atoms with E-state index in [1.807, 2.05) is 6.07 Å². The molecule has 0 aliphatic rings. The lowest BCUT2D eigenvalue weighted by Gasteiger charge is -1.98. The van der Waals surface area contributed by atoms with Crippen LogP contribution in [0, 0.1) is 0 Å². The zero-order chi connectivity index (χ0) is 10.7. The quantitative estimate of drug-likeness (QED) is 0.831. The molecule has 15 heavy (non-hydrogen) atoms. The molecule has 2 aromatic heterocycles. The van der Waals surface area contributed by atoms with Crippen LogP contribution in [0.4, 0.5) is 0 Å². The van der Waals surface area contributed by atoms with Crippen molar-refractivity contribution in [3.05, 3.63) is 24.0 Å². The molecule has 0 saturated carbocycles. The number of pyridine rings is 1. The minimum absolute atomic E-state index is 0.888. The molecule has 0 saturated heterocycles. The Kier molecular flexibility index (Phi) is 2.90. The Labute approximate surface area is 89.5 Å². The number of aromatic nitrogens is 2. The van der Waals surface area contributed by atoms with Gasteiger partial charge in [-0.3, -0.25) is 0 Å². The van der Waals surface area contributed by atoms with Gasteiger partial charge in [0.2, 0.25) is 0 Å². The van der Waals surface area contributed by atoms with Crippen molar-refractivity contribution in [2.24, 2.45) is 0 Å². The summed E-state index contributed by atoms with van der Waals surface area (Å²) in [7, 11) is 1.69. The molecule has 2 rings (SSSR count). The highest BCUT2D eigenvalue weighted by atomic mass is 16.5. The second-order valence-corrected chi connectivity index (χ2v) is 3.67. The van der Waals surface area contributed by atoms with Crippen molar-refractivity contribution >= 4 is 11.0 Å². The molecular formula is C12H16N2O. The Balaban J connectivity index is 2.37. The summed E-state index contributed by atoms with van der Waals surface area (Å²) in [6.45, 7) is 2.20. The van der Waals surface area contributed by atoms with E-state index in [2.05, 4.69) is 23.0 Å². The van der Waals surface area contributed by atoms with Gasteiger partial charge in [-0.2, -0.15) is 0 Å². The van der Waals surface area contributed by atoms with Gasteiger partial charge in [-0.1, -0.05) is 13.3 Å². The minimum atomic E-state index is 0.888. The van der Waals surface area contributed by atoms with Gasteiger partial charge in [-0.15, -0.1) is 0 Å². The number of H-pyrrole nitrogens is 1. The van der Waals surface area contributed by atoms with Crippen molar-refractivity contribution in [2.45, 2.75) is 26.2 Å². The predicted molar refractivity (Wildman–Crippen MR) is 61.3 cm³/mol. The van der Waals surface area contributed by atoms with E-state index in [1.165, 1.54) is 18.5 Å². The number of aromatic amines is 1. The van der Waals surface area contributed by atoms with Crippen molar-refractivity contribution in [1.82, 2.24) is 9.97 Å². The number of ether oxygens (including phenoxy) is 1. The molecule has 0 spiro atoms. The molecule has 2 heterocycles. The van der Waals surface area contributed by atoms with Crippen molar-refractivity contribution in [2.75, 3.05) is 7.11 Å². The van der Waals surface area contributed by atoms with Crippen LogP contribution in [-0.2, 0) is 6.42 Å². The standard InChI is InChI=1S/C12H16N2O/c1-3-4-5-9-8-10-11(15-2)6-7-13-12(10)14-9/h6-8H,3-5H2,1-2H3,(H,13,14). The number of nitrogens with zero attached hydrogens (tertiary/aromatic N) is 1. The lowest BCUT2D eigenvalue weighted by molar-refractivity contribution is 0.419. The van der Waals surface area contributed by atoms with Gasteiger partial charge >= 0.3 is 0 Å². The van der Waals surface area contributed by atoms with Crippen LogP contribution in [0.25, 0.3) is 11.0 Å². The lowest BCUT2D eigenvalue weighted by atomic mass is 10.2. The molecule has 3 heteroatoms. The van der Waals surface area contributed by atoms with E-state index in [0.29, 0.717) is 0 Å². The Morgan fingerprint density at radius 3 is 3.07 bits per heavy atom. The molecule has 0 aromatic carbocycles. The average Bonchev–Trinajstić information content (AvgIpc) is 2.68. The molecule has 0 atom stereocenters. The smallest absolute Gasteiger partial charge is 0.141 e. The third kappa shape index (κ3) is 1.96. The fraction of sp³-hybridized carbons (Fsp3) is 0.417. The number of hydrogen-bond donors (Lipinski definition) is 1. The highest BCUT2D eigenvalue weighted by Gasteiger charge is 2.05. The second kappa shape index (κ2) is 4.34. The summed E-state index contributed by atoms with van der Waals surface area (Å²) < 4.78 is 5.29. The summed E-state index contributed by atoms with van der Waals surface area (Å²) in [5, 5.41) is 1.08. The fourth-order valence-corrected chi connectivity index (χ4v) is 1.74. The van der Waals surface area contributed by atoms with Gasteiger partial charge in [-0.05, 0) is 25.0 Å². The summed E-state index contributed by atoms with van der Waals surface area (Å²) in [5.74, 6) is 0.888. The topological polar surface area (TPSA) is 37.9 Å². The Hall–Kier alpha value is -1.51.